The first-order valence-electron chi connectivity index (χ1n) is 11.1. The number of hydrogen-bond donors (Lipinski definition) is 0. The molecule has 0 atom stereocenters. The molecule has 0 saturated heterocycles. The van der Waals surface area contributed by atoms with Gasteiger partial charge in [-0.2, -0.15) is 0 Å². The summed E-state index contributed by atoms with van der Waals surface area (Å²) in [4.78, 5) is 1.43. The standard InChI is InChI=1S/C7H8.C6H9N.C6H8S.4C2H6/c1-7-5-3-2-4-6-7;1-6-4-3-5-7(6)2;1-5-3-4-7-6(5)2;4*1-2/h2-6H,1H3;3-5H,1-2H3;3-4H,1-2H3;4*1-2H3. The predicted octanol–water partition coefficient (Wildman–Crippen LogP) is 9.80. The zero-order chi connectivity index (χ0) is 23.7. The highest BCUT2D eigenvalue weighted by atomic mass is 32.1. The zero-order valence-electron chi connectivity index (χ0n) is 21.6. The molecular formula is C27H49NS. The van der Waals surface area contributed by atoms with Gasteiger partial charge in [-0.1, -0.05) is 91.3 Å². The Morgan fingerprint density at radius 2 is 1.10 bits per heavy atom. The molecule has 2 aromatic heterocycles. The Balaban J connectivity index is -0.000000138. The molecule has 2 heterocycles. The molecular weight excluding hydrogens is 370 g/mol. The maximum Gasteiger partial charge on any atom is 0.0140 e. The van der Waals surface area contributed by atoms with Crippen molar-refractivity contribution in [3.63, 3.8) is 0 Å². The molecule has 0 amide bonds. The van der Waals surface area contributed by atoms with Gasteiger partial charge in [0.05, 0.1) is 0 Å². The van der Waals surface area contributed by atoms with E-state index < -0.39 is 0 Å². The summed E-state index contributed by atoms with van der Waals surface area (Å²) in [7, 11) is 2.04. The van der Waals surface area contributed by atoms with Gasteiger partial charge in [0.15, 0.2) is 0 Å². The Labute approximate surface area is 187 Å². The molecule has 0 N–H and O–H groups in total. The van der Waals surface area contributed by atoms with Crippen LogP contribution in [0.25, 0.3) is 0 Å². The van der Waals surface area contributed by atoms with E-state index in [0.717, 1.165) is 0 Å². The summed E-state index contributed by atoms with van der Waals surface area (Å²) in [6.45, 7) is 24.4. The van der Waals surface area contributed by atoms with Gasteiger partial charge in [-0.25, -0.2) is 0 Å². The SMILES string of the molecule is CC.CC.CC.CC.Cc1ccccc1.Cc1cccn1C.Cc1ccsc1C. The number of thiophene rings is 1. The summed E-state index contributed by atoms with van der Waals surface area (Å²) in [5, 5.41) is 2.12. The minimum absolute atomic E-state index is 1.31. The molecule has 3 aromatic rings. The highest BCUT2D eigenvalue weighted by Crippen LogP contribution is 2.12. The monoisotopic (exact) mass is 419 g/mol. The highest BCUT2D eigenvalue weighted by Gasteiger charge is 1.87. The van der Waals surface area contributed by atoms with Gasteiger partial charge in [0, 0.05) is 23.8 Å². The molecule has 1 nitrogen and oxygen atoms in total. The van der Waals surface area contributed by atoms with E-state index in [4.69, 9.17) is 0 Å². The van der Waals surface area contributed by atoms with Gasteiger partial charge in [-0.05, 0) is 56.8 Å². The molecule has 0 aliphatic carbocycles. The van der Waals surface area contributed by atoms with Crippen LogP contribution in [-0.4, -0.2) is 4.57 Å². The number of aromatic nitrogens is 1. The average molecular weight is 420 g/mol. The van der Waals surface area contributed by atoms with Gasteiger partial charge >= 0.3 is 0 Å². The van der Waals surface area contributed by atoms with E-state index in [-0.39, 0.29) is 0 Å². The molecule has 0 aliphatic heterocycles. The van der Waals surface area contributed by atoms with Crippen LogP contribution >= 0.6 is 11.3 Å². The Morgan fingerprint density at radius 1 is 0.621 bits per heavy atom. The maximum absolute atomic E-state index is 2.14. The molecule has 0 bridgehead atoms. The van der Waals surface area contributed by atoms with Gasteiger partial charge in [0.2, 0.25) is 0 Å². The topological polar surface area (TPSA) is 4.93 Å². The lowest BCUT2D eigenvalue weighted by atomic mass is 10.2. The molecule has 3 rings (SSSR count). The number of aryl methyl sites for hydroxylation is 5. The van der Waals surface area contributed by atoms with Crippen LogP contribution in [0.2, 0.25) is 0 Å². The first kappa shape index (κ1) is 34.7. The molecule has 168 valence electrons. The second kappa shape index (κ2) is 28.4. The Bertz CT molecular complexity index is 550. The highest BCUT2D eigenvalue weighted by molar-refractivity contribution is 7.10. The van der Waals surface area contributed by atoms with Gasteiger partial charge in [-0.3, -0.25) is 0 Å². The van der Waals surface area contributed by atoms with E-state index >= 15 is 0 Å². The number of hydrogen-bond acceptors (Lipinski definition) is 1. The van der Waals surface area contributed by atoms with Crippen molar-refractivity contribution in [2.45, 2.75) is 83.1 Å². The van der Waals surface area contributed by atoms with Crippen molar-refractivity contribution in [3.8, 4) is 0 Å². The van der Waals surface area contributed by atoms with Gasteiger partial charge < -0.3 is 4.57 Å². The fraction of sp³-hybridized carbons (Fsp3) is 0.481. The Kier molecular flexibility index (Phi) is 34.0. The molecule has 0 saturated carbocycles. The van der Waals surface area contributed by atoms with Crippen molar-refractivity contribution in [1.82, 2.24) is 4.57 Å². The van der Waals surface area contributed by atoms with Crippen molar-refractivity contribution >= 4 is 11.3 Å². The van der Waals surface area contributed by atoms with Crippen molar-refractivity contribution in [1.29, 1.82) is 0 Å². The number of nitrogens with zero attached hydrogens (tertiary/aromatic N) is 1. The molecule has 0 spiro atoms. The molecule has 2 heteroatoms. The largest absolute Gasteiger partial charge is 0.355 e. The normalized spacial score (nSPS) is 7.48. The third-order valence-corrected chi connectivity index (χ3v) is 4.21. The lowest BCUT2D eigenvalue weighted by Crippen LogP contribution is -1.84. The zero-order valence-corrected chi connectivity index (χ0v) is 22.4. The van der Waals surface area contributed by atoms with Gasteiger partial charge in [0.1, 0.15) is 0 Å². The Morgan fingerprint density at radius 3 is 1.24 bits per heavy atom. The first-order chi connectivity index (χ1) is 14.0. The minimum atomic E-state index is 1.31. The summed E-state index contributed by atoms with van der Waals surface area (Å²) >= 11 is 1.80. The molecule has 1 aromatic carbocycles. The van der Waals surface area contributed by atoms with E-state index in [1.165, 1.54) is 21.7 Å². The number of rotatable bonds is 0. The third kappa shape index (κ3) is 22.4. The first-order valence-corrected chi connectivity index (χ1v) is 12.0. The summed E-state index contributed by atoms with van der Waals surface area (Å²) < 4.78 is 2.08. The Hall–Kier alpha value is -1.80. The smallest absolute Gasteiger partial charge is 0.0140 e. The average Bonchev–Trinajstić information content (AvgIpc) is 3.36. The van der Waals surface area contributed by atoms with Crippen LogP contribution in [-0.2, 0) is 7.05 Å². The van der Waals surface area contributed by atoms with E-state index in [1.807, 2.05) is 92.9 Å². The lowest BCUT2D eigenvalue weighted by Gasteiger charge is -1.89. The summed E-state index contributed by atoms with van der Waals surface area (Å²) in [5.74, 6) is 0. The second-order valence-corrected chi connectivity index (χ2v) is 6.20. The van der Waals surface area contributed by atoms with E-state index in [2.05, 4.69) is 61.9 Å². The van der Waals surface area contributed by atoms with Crippen LogP contribution in [0.5, 0.6) is 0 Å². The second-order valence-electron chi connectivity index (χ2n) is 5.07. The third-order valence-electron chi connectivity index (χ3n) is 3.26. The molecule has 29 heavy (non-hydrogen) atoms. The fourth-order valence-electron chi connectivity index (χ4n) is 1.53. The van der Waals surface area contributed by atoms with Gasteiger partial charge in [0.25, 0.3) is 0 Å². The minimum Gasteiger partial charge on any atom is -0.355 e. The van der Waals surface area contributed by atoms with E-state index in [1.54, 1.807) is 11.3 Å². The van der Waals surface area contributed by atoms with Crippen molar-refractivity contribution in [3.05, 3.63) is 81.8 Å². The van der Waals surface area contributed by atoms with Crippen molar-refractivity contribution in [2.24, 2.45) is 7.05 Å². The van der Waals surface area contributed by atoms with Crippen LogP contribution < -0.4 is 0 Å². The van der Waals surface area contributed by atoms with Crippen LogP contribution in [0.4, 0.5) is 0 Å². The van der Waals surface area contributed by atoms with E-state index in [0.29, 0.717) is 0 Å². The fourth-order valence-corrected chi connectivity index (χ4v) is 2.26. The molecule has 0 unspecified atom stereocenters. The van der Waals surface area contributed by atoms with E-state index in [9.17, 15) is 0 Å². The maximum atomic E-state index is 2.14. The predicted molar refractivity (Wildman–Crippen MR) is 141 cm³/mol. The summed E-state index contributed by atoms with van der Waals surface area (Å²) in [6.07, 6.45) is 2.04. The quantitative estimate of drug-likeness (QED) is 0.341. The van der Waals surface area contributed by atoms with Crippen LogP contribution in [0.3, 0.4) is 0 Å². The van der Waals surface area contributed by atoms with Gasteiger partial charge in [-0.15, -0.1) is 11.3 Å². The molecule has 0 aliphatic rings. The summed E-state index contributed by atoms with van der Waals surface area (Å²) in [6, 6.07) is 16.5. The molecule has 0 fully saturated rings. The number of benzene rings is 1. The van der Waals surface area contributed by atoms with Crippen LogP contribution in [0.15, 0.2) is 60.1 Å². The summed E-state index contributed by atoms with van der Waals surface area (Å²) in [5.41, 5.74) is 4.03. The van der Waals surface area contributed by atoms with Crippen molar-refractivity contribution in [2.75, 3.05) is 0 Å². The van der Waals surface area contributed by atoms with Crippen LogP contribution in [0, 0.1) is 27.7 Å². The molecule has 0 radical (unpaired) electrons. The lowest BCUT2D eigenvalue weighted by molar-refractivity contribution is 0.882. The van der Waals surface area contributed by atoms with Crippen molar-refractivity contribution < 1.29 is 0 Å². The van der Waals surface area contributed by atoms with Crippen LogP contribution in [0.1, 0.15) is 77.1 Å².